The Morgan fingerprint density at radius 2 is 2.12 bits per heavy atom. The number of thioether (sulfide) groups is 1. The van der Waals surface area contributed by atoms with Crippen LogP contribution in [-0.2, 0) is 4.79 Å². The monoisotopic (exact) mass is 258 g/mol. The number of hydrogen-bond acceptors (Lipinski definition) is 4. The summed E-state index contributed by atoms with van der Waals surface area (Å²) in [6, 6.07) is 4.30. The molecule has 0 aliphatic carbocycles. The van der Waals surface area contributed by atoms with E-state index in [-0.39, 0.29) is 10.9 Å². The van der Waals surface area contributed by atoms with Gasteiger partial charge in [-0.2, -0.15) is 0 Å². The molecule has 0 aliphatic heterocycles. The molecule has 2 unspecified atom stereocenters. The molecule has 0 spiro atoms. The smallest absolute Gasteiger partial charge is 0.185 e. The quantitative estimate of drug-likeness (QED) is 0.864. The lowest BCUT2D eigenvalue weighted by molar-refractivity contribution is -0.109. The molecule has 0 bridgehead atoms. The van der Waals surface area contributed by atoms with Gasteiger partial charge in [0.25, 0.3) is 0 Å². The maximum Gasteiger partial charge on any atom is 0.185 e. The van der Waals surface area contributed by atoms with Crippen molar-refractivity contribution in [2.75, 3.05) is 5.75 Å². The summed E-state index contributed by atoms with van der Waals surface area (Å²) in [7, 11) is 0. The molecule has 0 heterocycles. The van der Waals surface area contributed by atoms with Crippen LogP contribution in [0.5, 0.6) is 0 Å². The van der Waals surface area contributed by atoms with Gasteiger partial charge in [0.1, 0.15) is 11.9 Å². The van der Waals surface area contributed by atoms with E-state index in [1.807, 2.05) is 0 Å². The number of halogens is 1. The van der Waals surface area contributed by atoms with Gasteiger partial charge in [-0.05, 0) is 24.1 Å². The van der Waals surface area contributed by atoms with E-state index in [1.165, 1.54) is 13.0 Å². The molecule has 3 nitrogen and oxygen atoms in total. The Balaban J connectivity index is 2.70. The SMILES string of the molecule is CC(=O)SCC(O)C(O)c1ccc(C)c(F)c1. The first kappa shape index (κ1) is 14.2. The van der Waals surface area contributed by atoms with E-state index in [4.69, 9.17) is 0 Å². The Bertz CT molecular complexity index is 409. The normalized spacial score (nSPS) is 14.4. The molecular weight excluding hydrogens is 243 g/mol. The van der Waals surface area contributed by atoms with Gasteiger partial charge in [0.2, 0.25) is 0 Å². The summed E-state index contributed by atoms with van der Waals surface area (Å²) in [5.41, 5.74) is 0.790. The minimum atomic E-state index is -1.18. The van der Waals surface area contributed by atoms with E-state index < -0.39 is 18.0 Å². The van der Waals surface area contributed by atoms with Crippen molar-refractivity contribution in [3.8, 4) is 0 Å². The highest BCUT2D eigenvalue weighted by molar-refractivity contribution is 8.13. The maximum absolute atomic E-state index is 13.3. The van der Waals surface area contributed by atoms with Gasteiger partial charge in [-0.3, -0.25) is 4.79 Å². The van der Waals surface area contributed by atoms with Gasteiger partial charge >= 0.3 is 0 Å². The van der Waals surface area contributed by atoms with E-state index in [0.29, 0.717) is 11.1 Å². The molecule has 0 saturated carbocycles. The average molecular weight is 258 g/mol. The van der Waals surface area contributed by atoms with Crippen LogP contribution in [0.1, 0.15) is 24.2 Å². The maximum atomic E-state index is 13.3. The van der Waals surface area contributed by atoms with Crippen molar-refractivity contribution in [1.82, 2.24) is 0 Å². The number of carbonyl (C=O) groups is 1. The van der Waals surface area contributed by atoms with Crippen molar-refractivity contribution in [2.24, 2.45) is 0 Å². The Hall–Kier alpha value is -0.910. The third kappa shape index (κ3) is 4.11. The van der Waals surface area contributed by atoms with Crippen LogP contribution in [0, 0.1) is 12.7 Å². The zero-order chi connectivity index (χ0) is 13.0. The second kappa shape index (κ2) is 6.14. The van der Waals surface area contributed by atoms with Crippen LogP contribution >= 0.6 is 11.8 Å². The predicted molar refractivity (Wildman–Crippen MR) is 65.2 cm³/mol. The fraction of sp³-hybridized carbons (Fsp3) is 0.417. The molecule has 0 aromatic heterocycles. The summed E-state index contributed by atoms with van der Waals surface area (Å²) < 4.78 is 13.3. The van der Waals surface area contributed by atoms with Gasteiger partial charge in [0.05, 0.1) is 6.10 Å². The van der Waals surface area contributed by atoms with E-state index in [1.54, 1.807) is 19.1 Å². The van der Waals surface area contributed by atoms with E-state index in [2.05, 4.69) is 0 Å². The zero-order valence-electron chi connectivity index (χ0n) is 9.68. The highest BCUT2D eigenvalue weighted by Crippen LogP contribution is 2.21. The third-order valence-corrected chi connectivity index (χ3v) is 3.27. The predicted octanol–water partition coefficient (Wildman–Crippen LogP) is 1.81. The van der Waals surface area contributed by atoms with Crippen LogP contribution in [0.3, 0.4) is 0 Å². The number of hydrogen-bond donors (Lipinski definition) is 2. The van der Waals surface area contributed by atoms with Crippen molar-refractivity contribution >= 4 is 16.9 Å². The zero-order valence-corrected chi connectivity index (χ0v) is 10.5. The van der Waals surface area contributed by atoms with Gasteiger partial charge in [-0.15, -0.1) is 0 Å². The lowest BCUT2D eigenvalue weighted by Gasteiger charge is -2.17. The molecule has 0 radical (unpaired) electrons. The Labute approximate surface area is 104 Å². The second-order valence-corrected chi connectivity index (χ2v) is 5.02. The molecule has 0 aliphatic rings. The van der Waals surface area contributed by atoms with Crippen LogP contribution in [0.4, 0.5) is 4.39 Å². The van der Waals surface area contributed by atoms with Crippen LogP contribution in [0.25, 0.3) is 0 Å². The second-order valence-electron chi connectivity index (χ2n) is 3.82. The minimum absolute atomic E-state index is 0.0893. The average Bonchev–Trinajstić information content (AvgIpc) is 2.28. The van der Waals surface area contributed by atoms with Gasteiger partial charge in [-0.25, -0.2) is 4.39 Å². The first-order valence-electron chi connectivity index (χ1n) is 5.17. The molecule has 5 heteroatoms. The molecule has 0 saturated heterocycles. The van der Waals surface area contributed by atoms with Gasteiger partial charge in [0.15, 0.2) is 5.12 Å². The van der Waals surface area contributed by atoms with Crippen molar-refractivity contribution < 1.29 is 19.4 Å². The van der Waals surface area contributed by atoms with Crippen LogP contribution in [0.2, 0.25) is 0 Å². The number of rotatable bonds is 4. The molecule has 1 rings (SSSR count). The number of carbonyl (C=O) groups excluding carboxylic acids is 1. The number of aliphatic hydroxyl groups is 2. The summed E-state index contributed by atoms with van der Waals surface area (Å²) in [4.78, 5) is 10.7. The molecule has 1 aromatic rings. The number of aryl methyl sites for hydroxylation is 1. The van der Waals surface area contributed by atoms with Crippen molar-refractivity contribution in [1.29, 1.82) is 0 Å². The van der Waals surface area contributed by atoms with Crippen molar-refractivity contribution in [2.45, 2.75) is 26.1 Å². The molecule has 0 amide bonds. The van der Waals surface area contributed by atoms with Gasteiger partial charge in [0, 0.05) is 12.7 Å². The first-order chi connectivity index (χ1) is 7.91. The Kier molecular flexibility index (Phi) is 5.11. The van der Waals surface area contributed by atoms with E-state index >= 15 is 0 Å². The summed E-state index contributed by atoms with van der Waals surface area (Å²) in [6.45, 7) is 3.00. The third-order valence-electron chi connectivity index (χ3n) is 2.36. The highest BCUT2D eigenvalue weighted by Gasteiger charge is 2.19. The standard InChI is InChI=1S/C12H15FO3S/c1-7-3-4-9(5-10(7)13)12(16)11(15)6-17-8(2)14/h3-5,11-12,15-16H,6H2,1-2H3. The largest absolute Gasteiger partial charge is 0.389 e. The number of aliphatic hydroxyl groups excluding tert-OH is 2. The van der Waals surface area contributed by atoms with Gasteiger partial charge < -0.3 is 10.2 Å². The van der Waals surface area contributed by atoms with E-state index in [0.717, 1.165) is 11.8 Å². The lowest BCUT2D eigenvalue weighted by Crippen LogP contribution is -2.21. The van der Waals surface area contributed by atoms with Gasteiger partial charge in [-0.1, -0.05) is 23.9 Å². The summed E-state index contributed by atoms with van der Waals surface area (Å²) >= 11 is 0.927. The Morgan fingerprint density at radius 1 is 1.47 bits per heavy atom. The Morgan fingerprint density at radius 3 is 2.65 bits per heavy atom. The van der Waals surface area contributed by atoms with Crippen LogP contribution < -0.4 is 0 Å². The molecule has 1 aromatic carbocycles. The molecule has 0 fully saturated rings. The van der Waals surface area contributed by atoms with Crippen LogP contribution in [0.15, 0.2) is 18.2 Å². The van der Waals surface area contributed by atoms with Crippen molar-refractivity contribution in [3.05, 3.63) is 35.1 Å². The first-order valence-corrected chi connectivity index (χ1v) is 6.16. The molecule has 17 heavy (non-hydrogen) atoms. The summed E-state index contributed by atoms with van der Waals surface area (Å²) in [6.07, 6.45) is -2.28. The molecule has 2 atom stereocenters. The fourth-order valence-corrected chi connectivity index (χ4v) is 1.90. The molecule has 94 valence electrons. The highest BCUT2D eigenvalue weighted by atomic mass is 32.2. The number of benzene rings is 1. The molecular formula is C12H15FO3S. The summed E-state index contributed by atoms with van der Waals surface area (Å²) in [5.74, 6) is -0.334. The van der Waals surface area contributed by atoms with E-state index in [9.17, 15) is 19.4 Å². The fourth-order valence-electron chi connectivity index (χ4n) is 1.31. The summed E-state index contributed by atoms with van der Waals surface area (Å²) in [5, 5.41) is 19.3. The molecule has 2 N–H and O–H groups in total. The minimum Gasteiger partial charge on any atom is -0.389 e. The van der Waals surface area contributed by atoms with Crippen molar-refractivity contribution in [3.63, 3.8) is 0 Å². The topological polar surface area (TPSA) is 57.5 Å². The van der Waals surface area contributed by atoms with Crippen LogP contribution in [-0.4, -0.2) is 27.2 Å². The lowest BCUT2D eigenvalue weighted by atomic mass is 10.0.